The molecule has 2 heterocycles. The van der Waals surface area contributed by atoms with E-state index in [2.05, 4.69) is 4.90 Å². The van der Waals surface area contributed by atoms with Crippen LogP contribution in [0.4, 0.5) is 17.1 Å². The summed E-state index contributed by atoms with van der Waals surface area (Å²) in [4.78, 5) is 32.3. The minimum atomic E-state index is -0.687. The molecular weight excluding hydrogens is 561 g/mol. The van der Waals surface area contributed by atoms with Crippen molar-refractivity contribution in [3.8, 4) is 11.5 Å². The fourth-order valence-corrected chi connectivity index (χ4v) is 5.37. The van der Waals surface area contributed by atoms with Crippen LogP contribution in [0.5, 0.6) is 11.5 Å². The molecule has 2 aliphatic heterocycles. The molecule has 1 N–H and O–H groups in total. The van der Waals surface area contributed by atoms with Gasteiger partial charge in [-0.3, -0.25) is 14.5 Å². The Hall–Kier alpha value is -3.63. The molecule has 0 radical (unpaired) electrons. The van der Waals surface area contributed by atoms with Crippen molar-refractivity contribution < 1.29 is 24.2 Å². The predicted molar refractivity (Wildman–Crippen MR) is 156 cm³/mol. The van der Waals surface area contributed by atoms with Gasteiger partial charge in [-0.1, -0.05) is 35.3 Å². The summed E-state index contributed by atoms with van der Waals surface area (Å²) >= 11 is 18.7. The molecule has 0 unspecified atom stereocenters. The first-order chi connectivity index (χ1) is 18.8. The van der Waals surface area contributed by atoms with E-state index < -0.39 is 11.8 Å². The number of hydrogen-bond acceptors (Lipinski definition) is 7. The number of phenols is 1. The molecule has 0 atom stereocenters. The van der Waals surface area contributed by atoms with E-state index >= 15 is 0 Å². The number of hydrogen-bond donors (Lipinski definition) is 1. The van der Waals surface area contributed by atoms with Crippen LogP contribution < -0.4 is 19.4 Å². The Labute approximate surface area is 240 Å². The Morgan fingerprint density at radius 1 is 0.923 bits per heavy atom. The number of benzene rings is 3. The Kier molecular flexibility index (Phi) is 7.76. The lowest BCUT2D eigenvalue weighted by Crippen LogP contribution is -2.57. The number of para-hydroxylation sites is 1. The van der Waals surface area contributed by atoms with Crippen LogP contribution in [0.25, 0.3) is 6.08 Å². The van der Waals surface area contributed by atoms with Crippen LogP contribution >= 0.6 is 35.4 Å². The number of morpholine rings is 1. The second-order valence-corrected chi connectivity index (χ2v) is 9.92. The number of halogens is 2. The smallest absolute Gasteiger partial charge is 0.270 e. The lowest BCUT2D eigenvalue weighted by molar-refractivity contribution is -0.120. The van der Waals surface area contributed by atoms with Gasteiger partial charge in [-0.2, -0.15) is 0 Å². The minimum absolute atomic E-state index is 0.0754. The van der Waals surface area contributed by atoms with Crippen molar-refractivity contribution >= 4 is 75.5 Å². The zero-order chi connectivity index (χ0) is 27.7. The normalized spacial score (nSPS) is 17.3. The summed E-state index contributed by atoms with van der Waals surface area (Å²) in [6, 6.07) is 16.7. The molecule has 3 aromatic rings. The van der Waals surface area contributed by atoms with Crippen LogP contribution in [0.2, 0.25) is 10.0 Å². The average Bonchev–Trinajstić information content (AvgIpc) is 2.94. The van der Waals surface area contributed by atoms with Crippen molar-refractivity contribution in [1.29, 1.82) is 0 Å². The van der Waals surface area contributed by atoms with Crippen LogP contribution in [-0.4, -0.2) is 55.4 Å². The number of methoxy groups -OCH3 is 1. The molecule has 0 spiro atoms. The minimum Gasteiger partial charge on any atom is -0.504 e. The third-order valence-electron chi connectivity index (χ3n) is 6.41. The number of carbonyl (C=O) groups is 2. The van der Waals surface area contributed by atoms with E-state index in [9.17, 15) is 14.7 Å². The molecule has 0 bridgehead atoms. The lowest BCUT2D eigenvalue weighted by atomic mass is 10.0. The number of amides is 2. The number of aromatic hydroxyl groups is 1. The molecular formula is C28H23Cl2N3O5S. The Morgan fingerprint density at radius 2 is 1.54 bits per heavy atom. The zero-order valence-electron chi connectivity index (χ0n) is 20.8. The first-order valence-corrected chi connectivity index (χ1v) is 13.1. The largest absolute Gasteiger partial charge is 0.504 e. The Balaban J connectivity index is 1.61. The molecule has 2 amide bonds. The van der Waals surface area contributed by atoms with E-state index in [1.165, 1.54) is 35.1 Å². The highest BCUT2D eigenvalue weighted by Crippen LogP contribution is 2.39. The van der Waals surface area contributed by atoms with Gasteiger partial charge in [0, 0.05) is 18.8 Å². The molecule has 8 nitrogen and oxygen atoms in total. The fourth-order valence-electron chi connectivity index (χ4n) is 4.44. The standard InChI is InChI=1S/C28H23Cl2N3O5S/c1-37-24-16-17(5-10-23(24)34)15-20-26(35)32(19-8-6-18(7-9-19)31-11-13-38-14-12-31)28(39)33(27(20)36)25-21(29)3-2-4-22(25)30/h2-10,15-16,34H,11-14H2,1H3/b20-15+. The van der Waals surface area contributed by atoms with Gasteiger partial charge in [-0.25, -0.2) is 4.90 Å². The summed E-state index contributed by atoms with van der Waals surface area (Å²) in [5.74, 6) is -1.19. The second-order valence-electron chi connectivity index (χ2n) is 8.74. The highest BCUT2D eigenvalue weighted by Gasteiger charge is 2.42. The van der Waals surface area contributed by atoms with Gasteiger partial charge in [0.05, 0.1) is 41.7 Å². The molecule has 0 aliphatic carbocycles. The van der Waals surface area contributed by atoms with Crippen molar-refractivity contribution in [1.82, 2.24) is 0 Å². The second kappa shape index (κ2) is 11.2. The van der Waals surface area contributed by atoms with Crippen molar-refractivity contribution in [3.63, 3.8) is 0 Å². The molecule has 0 saturated carbocycles. The molecule has 0 aromatic heterocycles. The number of ether oxygens (including phenoxy) is 2. The number of thiocarbonyl (C=S) groups is 1. The number of rotatable bonds is 5. The van der Waals surface area contributed by atoms with E-state index in [4.69, 9.17) is 44.9 Å². The van der Waals surface area contributed by atoms with Crippen LogP contribution in [0.3, 0.4) is 0 Å². The van der Waals surface area contributed by atoms with Gasteiger partial charge in [0.1, 0.15) is 5.57 Å². The van der Waals surface area contributed by atoms with Gasteiger partial charge in [0.15, 0.2) is 16.6 Å². The predicted octanol–water partition coefficient (Wildman–Crippen LogP) is 5.29. The maximum Gasteiger partial charge on any atom is 0.270 e. The van der Waals surface area contributed by atoms with Crippen LogP contribution in [0.15, 0.2) is 66.2 Å². The first kappa shape index (κ1) is 27.0. The number of nitrogens with zero attached hydrogens (tertiary/aromatic N) is 3. The zero-order valence-corrected chi connectivity index (χ0v) is 23.1. The van der Waals surface area contributed by atoms with Gasteiger partial charge < -0.3 is 19.5 Å². The van der Waals surface area contributed by atoms with Crippen molar-refractivity contribution in [2.75, 3.05) is 48.1 Å². The van der Waals surface area contributed by atoms with E-state index in [1.54, 1.807) is 36.4 Å². The van der Waals surface area contributed by atoms with E-state index in [0.717, 1.165) is 18.8 Å². The number of phenolic OH excluding ortho intramolecular Hbond substituents is 1. The highest BCUT2D eigenvalue weighted by atomic mass is 35.5. The third kappa shape index (κ3) is 5.18. The van der Waals surface area contributed by atoms with Crippen molar-refractivity contribution in [2.24, 2.45) is 0 Å². The topological polar surface area (TPSA) is 82.6 Å². The van der Waals surface area contributed by atoms with Gasteiger partial charge in [-0.15, -0.1) is 0 Å². The summed E-state index contributed by atoms with van der Waals surface area (Å²) in [7, 11) is 1.41. The maximum absolute atomic E-state index is 13.9. The fraction of sp³-hybridized carbons (Fsp3) is 0.179. The third-order valence-corrected chi connectivity index (χ3v) is 7.38. The molecule has 200 valence electrons. The number of carbonyl (C=O) groups excluding carboxylic acids is 2. The summed E-state index contributed by atoms with van der Waals surface area (Å²) in [5, 5.41) is 10.3. The van der Waals surface area contributed by atoms with E-state index in [0.29, 0.717) is 24.5 Å². The SMILES string of the molecule is COc1cc(/C=C2\C(=O)N(c3ccc(N4CCOCC4)cc3)C(=S)N(c3c(Cl)cccc3Cl)C2=O)ccc1O. The van der Waals surface area contributed by atoms with Gasteiger partial charge in [0.2, 0.25) is 0 Å². The summed E-state index contributed by atoms with van der Waals surface area (Å²) < 4.78 is 10.6. The molecule has 2 saturated heterocycles. The maximum atomic E-state index is 13.9. The van der Waals surface area contributed by atoms with Gasteiger partial charge in [-0.05, 0) is 72.4 Å². The van der Waals surface area contributed by atoms with E-state index in [1.807, 2.05) is 12.1 Å². The monoisotopic (exact) mass is 583 g/mol. The molecule has 39 heavy (non-hydrogen) atoms. The average molecular weight is 584 g/mol. The van der Waals surface area contributed by atoms with Crippen LogP contribution in [0.1, 0.15) is 5.56 Å². The van der Waals surface area contributed by atoms with Gasteiger partial charge in [0.25, 0.3) is 11.8 Å². The van der Waals surface area contributed by atoms with Crippen molar-refractivity contribution in [2.45, 2.75) is 0 Å². The summed E-state index contributed by atoms with van der Waals surface area (Å²) in [6.07, 6.45) is 1.42. The highest BCUT2D eigenvalue weighted by molar-refractivity contribution is 7.81. The van der Waals surface area contributed by atoms with Crippen LogP contribution in [-0.2, 0) is 14.3 Å². The molecule has 3 aromatic carbocycles. The summed E-state index contributed by atoms with van der Waals surface area (Å²) in [5.41, 5.74) is 1.90. The van der Waals surface area contributed by atoms with Crippen molar-refractivity contribution in [3.05, 3.63) is 81.8 Å². The quantitative estimate of drug-likeness (QED) is 0.248. The lowest BCUT2D eigenvalue weighted by Gasteiger charge is -2.37. The molecule has 11 heteroatoms. The Bertz CT molecular complexity index is 1470. The first-order valence-electron chi connectivity index (χ1n) is 12.0. The molecule has 5 rings (SSSR count). The molecule has 2 fully saturated rings. The van der Waals surface area contributed by atoms with Crippen LogP contribution in [0, 0.1) is 0 Å². The van der Waals surface area contributed by atoms with Gasteiger partial charge >= 0.3 is 0 Å². The molecule has 2 aliphatic rings. The summed E-state index contributed by atoms with van der Waals surface area (Å²) in [6.45, 7) is 2.80. The number of anilines is 3. The Morgan fingerprint density at radius 3 is 2.18 bits per heavy atom. The van der Waals surface area contributed by atoms with E-state index in [-0.39, 0.29) is 37.9 Å².